The van der Waals surface area contributed by atoms with E-state index in [4.69, 9.17) is 9.97 Å². The minimum atomic E-state index is -1.66. The number of nitrogens with zero attached hydrogens (tertiary/aromatic N) is 2. The van der Waals surface area contributed by atoms with Crippen molar-refractivity contribution in [1.29, 1.82) is 0 Å². The van der Waals surface area contributed by atoms with Crippen molar-refractivity contribution in [2.24, 2.45) is 0 Å². The molecule has 0 radical (unpaired) electrons. The first-order valence-corrected chi connectivity index (χ1v) is 16.0. The normalized spacial score (nSPS) is 12.1. The average Bonchev–Trinajstić information content (AvgIpc) is 3.13. The van der Waals surface area contributed by atoms with Crippen molar-refractivity contribution in [2.45, 2.75) is 12.6 Å². The molecule has 9 aromatic rings. The predicted molar refractivity (Wildman–Crippen MR) is 196 cm³/mol. The summed E-state index contributed by atoms with van der Waals surface area (Å²) in [5.41, 5.74) is 5.79. The van der Waals surface area contributed by atoms with Crippen LogP contribution in [-0.2, 0) is 0 Å². The zero-order valence-electron chi connectivity index (χ0n) is 26.3. The Bertz CT molecular complexity index is 2870. The molecule has 6 N–H and O–H groups in total. The van der Waals surface area contributed by atoms with Gasteiger partial charge in [0.1, 0.15) is 11.5 Å². The van der Waals surface area contributed by atoms with Crippen molar-refractivity contribution >= 4 is 64.9 Å². The number of aliphatic hydroxyl groups excluding tert-OH is 2. The number of phenols is 2. The Morgan fingerprint density at radius 2 is 0.800 bits per heavy atom. The number of hydrogen-bond donors (Lipinski definition) is 6. The minimum absolute atomic E-state index is 0.147. The Hall–Kier alpha value is -6.16. The van der Waals surface area contributed by atoms with Gasteiger partial charge in [-0.2, -0.15) is 0 Å². The van der Waals surface area contributed by atoms with Crippen molar-refractivity contribution in [1.82, 2.24) is 9.97 Å². The van der Waals surface area contributed by atoms with Crippen molar-refractivity contribution < 1.29 is 30.6 Å². The lowest BCUT2D eigenvalue weighted by molar-refractivity contribution is -0.0430. The van der Waals surface area contributed by atoms with Crippen LogP contribution in [0.25, 0.3) is 87.1 Å². The van der Waals surface area contributed by atoms with E-state index in [-0.39, 0.29) is 11.5 Å². The fourth-order valence-electron chi connectivity index (χ4n) is 7.20. The van der Waals surface area contributed by atoms with Gasteiger partial charge in [-0.15, -0.1) is 0 Å². The topological polar surface area (TPSA) is 147 Å². The van der Waals surface area contributed by atoms with E-state index in [1.807, 2.05) is 54.9 Å². The standard InChI is InChI=1S/C42H28N2O6/c45-29-7-5-22-14-35(32-10-8-30(46)18-38(32)36(22)17-29)28-12-24-3-2-23-11-27(19-43-39(23)40(24)44-20-28)34-13-21-1-4-25(41(47)48)15-33(21)37-16-26(42(49)50)6-9-31(34)37/h1-20,41-42,45-50H. The van der Waals surface area contributed by atoms with Gasteiger partial charge in [-0.05, 0) is 115 Å². The molecule has 0 saturated heterocycles. The number of phenolic OH excluding ortho intramolecular Hbond substituents is 2. The Labute approximate surface area is 284 Å². The molecular weight excluding hydrogens is 628 g/mol. The molecule has 0 unspecified atom stereocenters. The molecule has 50 heavy (non-hydrogen) atoms. The van der Waals surface area contributed by atoms with Crippen molar-refractivity contribution in [3.05, 3.63) is 133 Å². The van der Waals surface area contributed by atoms with Gasteiger partial charge in [0.15, 0.2) is 12.6 Å². The summed E-state index contributed by atoms with van der Waals surface area (Å²) < 4.78 is 0. The summed E-state index contributed by atoms with van der Waals surface area (Å²) in [4.78, 5) is 9.81. The molecule has 0 aliphatic heterocycles. The lowest BCUT2D eigenvalue weighted by Crippen LogP contribution is -1.97. The van der Waals surface area contributed by atoms with Gasteiger partial charge in [0.2, 0.25) is 0 Å². The molecule has 0 aliphatic rings. The van der Waals surface area contributed by atoms with E-state index in [0.29, 0.717) is 11.1 Å². The number of aromatic hydroxyl groups is 2. The zero-order chi connectivity index (χ0) is 34.3. The molecule has 8 nitrogen and oxygen atoms in total. The van der Waals surface area contributed by atoms with Crippen LogP contribution in [0.5, 0.6) is 11.5 Å². The fourth-order valence-corrected chi connectivity index (χ4v) is 7.20. The molecule has 2 heterocycles. The Morgan fingerprint density at radius 3 is 1.38 bits per heavy atom. The SMILES string of the molecule is Oc1ccc2cc(-c3cnc4c(ccc5cc(-c6cc7ccc(C(O)O)cc7c7cc(C(O)O)ccc67)cnc54)c3)c3ccc(O)cc3c2c1. The zero-order valence-corrected chi connectivity index (χ0v) is 26.3. The maximum atomic E-state index is 10.3. The Kier molecular flexibility index (Phi) is 6.70. The van der Waals surface area contributed by atoms with Crippen LogP contribution < -0.4 is 0 Å². The van der Waals surface area contributed by atoms with E-state index in [9.17, 15) is 30.6 Å². The highest BCUT2D eigenvalue weighted by Gasteiger charge is 2.16. The second-order valence-corrected chi connectivity index (χ2v) is 12.7. The largest absolute Gasteiger partial charge is 0.508 e. The quantitative estimate of drug-likeness (QED) is 0.0823. The molecule has 2 aromatic heterocycles. The lowest BCUT2D eigenvalue weighted by Gasteiger charge is -2.15. The molecule has 0 bridgehead atoms. The number of rotatable bonds is 4. The third kappa shape index (κ3) is 4.78. The maximum absolute atomic E-state index is 10.3. The van der Waals surface area contributed by atoms with E-state index >= 15 is 0 Å². The monoisotopic (exact) mass is 656 g/mol. The molecule has 242 valence electrons. The van der Waals surface area contributed by atoms with Gasteiger partial charge >= 0.3 is 0 Å². The molecule has 0 fully saturated rings. The van der Waals surface area contributed by atoms with E-state index in [2.05, 4.69) is 18.2 Å². The summed E-state index contributed by atoms with van der Waals surface area (Å²) in [5, 5.41) is 68.5. The van der Waals surface area contributed by atoms with Crippen molar-refractivity contribution in [2.75, 3.05) is 0 Å². The molecule has 0 aliphatic carbocycles. The number of benzene rings is 7. The van der Waals surface area contributed by atoms with Crippen molar-refractivity contribution in [3.8, 4) is 33.8 Å². The Balaban J connectivity index is 1.19. The number of aliphatic hydroxyl groups is 4. The highest BCUT2D eigenvalue weighted by molar-refractivity contribution is 6.16. The third-order valence-corrected chi connectivity index (χ3v) is 9.64. The van der Waals surface area contributed by atoms with Crippen LogP contribution >= 0.6 is 0 Å². The summed E-state index contributed by atoms with van der Waals surface area (Å²) in [6.07, 6.45) is 0.363. The van der Waals surface area contributed by atoms with Gasteiger partial charge in [-0.1, -0.05) is 48.5 Å². The summed E-state index contributed by atoms with van der Waals surface area (Å²) in [6, 6.07) is 33.2. The van der Waals surface area contributed by atoms with Crippen LogP contribution in [0.15, 0.2) is 122 Å². The highest BCUT2D eigenvalue weighted by atomic mass is 16.5. The summed E-state index contributed by atoms with van der Waals surface area (Å²) in [7, 11) is 0. The molecule has 0 atom stereocenters. The van der Waals surface area contributed by atoms with Crippen molar-refractivity contribution in [3.63, 3.8) is 0 Å². The van der Waals surface area contributed by atoms with Gasteiger partial charge < -0.3 is 30.6 Å². The molecule has 9 rings (SSSR count). The van der Waals surface area contributed by atoms with E-state index in [0.717, 1.165) is 87.1 Å². The summed E-state index contributed by atoms with van der Waals surface area (Å²) >= 11 is 0. The van der Waals surface area contributed by atoms with Crippen LogP contribution in [0.3, 0.4) is 0 Å². The Morgan fingerprint density at radius 1 is 0.380 bits per heavy atom. The molecule has 7 aromatic carbocycles. The summed E-state index contributed by atoms with van der Waals surface area (Å²) in [6.45, 7) is 0. The van der Waals surface area contributed by atoms with Crippen LogP contribution in [0.1, 0.15) is 23.7 Å². The first-order chi connectivity index (χ1) is 24.2. The predicted octanol–water partition coefficient (Wildman–Crippen LogP) is 8.11. The molecule has 0 spiro atoms. The minimum Gasteiger partial charge on any atom is -0.508 e. The van der Waals surface area contributed by atoms with Gasteiger partial charge in [-0.25, -0.2) is 0 Å². The third-order valence-electron chi connectivity index (χ3n) is 9.64. The second kappa shape index (κ2) is 11.2. The first kappa shape index (κ1) is 29.9. The van der Waals surface area contributed by atoms with Gasteiger partial charge in [0.25, 0.3) is 0 Å². The fraction of sp³-hybridized carbons (Fsp3) is 0.0476. The van der Waals surface area contributed by atoms with E-state index in [1.54, 1.807) is 48.5 Å². The van der Waals surface area contributed by atoms with Crippen LogP contribution in [0.4, 0.5) is 0 Å². The van der Waals surface area contributed by atoms with Gasteiger partial charge in [0, 0.05) is 45.4 Å². The van der Waals surface area contributed by atoms with Crippen LogP contribution in [0, 0.1) is 0 Å². The highest BCUT2D eigenvalue weighted by Crippen LogP contribution is 2.40. The number of aromatic nitrogens is 2. The molecule has 0 amide bonds. The van der Waals surface area contributed by atoms with E-state index < -0.39 is 12.6 Å². The van der Waals surface area contributed by atoms with Crippen LogP contribution in [0.2, 0.25) is 0 Å². The maximum Gasteiger partial charge on any atom is 0.178 e. The number of hydrogen-bond acceptors (Lipinski definition) is 8. The first-order valence-electron chi connectivity index (χ1n) is 16.0. The summed E-state index contributed by atoms with van der Waals surface area (Å²) in [5.74, 6) is 0.306. The van der Waals surface area contributed by atoms with Crippen LogP contribution in [-0.4, -0.2) is 40.6 Å². The average molecular weight is 657 g/mol. The number of fused-ring (bicyclic) bond motifs is 9. The molecule has 8 heteroatoms. The molecule has 0 saturated carbocycles. The lowest BCUT2D eigenvalue weighted by atomic mass is 9.91. The second-order valence-electron chi connectivity index (χ2n) is 12.7. The van der Waals surface area contributed by atoms with Gasteiger partial charge in [-0.3, -0.25) is 9.97 Å². The number of pyridine rings is 2. The van der Waals surface area contributed by atoms with Gasteiger partial charge in [0.05, 0.1) is 11.0 Å². The smallest absolute Gasteiger partial charge is 0.178 e. The molecular formula is C42H28N2O6. The van der Waals surface area contributed by atoms with E-state index in [1.165, 1.54) is 0 Å².